The lowest BCUT2D eigenvalue weighted by molar-refractivity contribution is -0.0938. The predicted molar refractivity (Wildman–Crippen MR) is 165 cm³/mol. The molecule has 1 fully saturated rings. The van der Waals surface area contributed by atoms with E-state index in [-0.39, 0.29) is 18.6 Å². The second kappa shape index (κ2) is 13.4. The van der Waals surface area contributed by atoms with Gasteiger partial charge in [-0.3, -0.25) is 4.90 Å². The average molecular weight is 568 g/mol. The lowest BCUT2D eigenvalue weighted by atomic mass is 9.88. The van der Waals surface area contributed by atoms with Gasteiger partial charge in [0.05, 0.1) is 6.61 Å². The molecule has 2 unspecified atom stereocenters. The monoisotopic (exact) mass is 567 g/mol. The van der Waals surface area contributed by atoms with Gasteiger partial charge in [0.25, 0.3) is 0 Å². The van der Waals surface area contributed by atoms with Gasteiger partial charge in [0.15, 0.2) is 0 Å². The topological polar surface area (TPSA) is 68.2 Å². The van der Waals surface area contributed by atoms with Gasteiger partial charge in [-0.25, -0.2) is 4.79 Å². The minimum atomic E-state index is -0.593. The molecule has 1 saturated heterocycles. The number of benzene rings is 4. The zero-order valence-corrected chi connectivity index (χ0v) is 24.8. The molecule has 0 aromatic heterocycles. The second-order valence-corrected chi connectivity index (χ2v) is 12.0. The molecule has 0 radical (unpaired) electrons. The fraction of sp³-hybridized carbons (Fsp3) is 0.361. The van der Waals surface area contributed by atoms with E-state index in [1.165, 1.54) is 5.56 Å². The van der Waals surface area contributed by atoms with E-state index in [4.69, 9.17) is 14.2 Å². The molecule has 1 amide bonds. The van der Waals surface area contributed by atoms with Crippen LogP contribution in [0.3, 0.4) is 0 Å². The minimum Gasteiger partial charge on any atom is -0.488 e. The summed E-state index contributed by atoms with van der Waals surface area (Å²) in [5.74, 6) is 1.06. The van der Waals surface area contributed by atoms with Gasteiger partial charge in [-0.2, -0.15) is 0 Å². The molecule has 0 aliphatic carbocycles. The third kappa shape index (κ3) is 7.69. The fourth-order valence-electron chi connectivity index (χ4n) is 5.47. The smallest absolute Gasteiger partial charge is 0.412 e. The number of aliphatic hydroxyl groups is 1. The van der Waals surface area contributed by atoms with Crippen LogP contribution in [0.15, 0.2) is 91.0 Å². The van der Waals surface area contributed by atoms with Crippen LogP contribution in [0.25, 0.3) is 10.8 Å². The molecule has 1 aliphatic heterocycles. The highest BCUT2D eigenvalue weighted by Crippen LogP contribution is 2.35. The maximum Gasteiger partial charge on any atom is 0.412 e. The van der Waals surface area contributed by atoms with Crippen LogP contribution >= 0.6 is 0 Å². The molecule has 4 aromatic rings. The molecule has 2 atom stereocenters. The predicted octanol–water partition coefficient (Wildman–Crippen LogP) is 7.61. The van der Waals surface area contributed by atoms with Gasteiger partial charge in [-0.05, 0) is 85.7 Å². The number of amides is 1. The van der Waals surface area contributed by atoms with Crippen LogP contribution in [0.1, 0.15) is 61.8 Å². The third-order valence-electron chi connectivity index (χ3n) is 7.60. The summed E-state index contributed by atoms with van der Waals surface area (Å²) >= 11 is 0. The zero-order valence-electron chi connectivity index (χ0n) is 24.8. The standard InChI is InChI=1S/C36H41NO5/c1-36(2,3)42-35(39)37-19-17-30(29-15-13-26(14-16-29)18-20-38)23-34(37)41-25-28-21-31-11-7-8-12-32(31)33(22-28)40-24-27-9-5-4-6-10-27/h4-16,21-22,30,34,38H,17-20,23-25H2,1-3H3. The van der Waals surface area contributed by atoms with Gasteiger partial charge in [-0.1, -0.05) is 78.9 Å². The normalized spacial score (nSPS) is 17.3. The van der Waals surface area contributed by atoms with E-state index in [1.807, 2.05) is 57.2 Å². The largest absolute Gasteiger partial charge is 0.488 e. The summed E-state index contributed by atoms with van der Waals surface area (Å²) in [6, 6.07) is 30.9. The summed E-state index contributed by atoms with van der Waals surface area (Å²) in [6.07, 6.45) is 1.35. The zero-order chi connectivity index (χ0) is 29.5. The highest BCUT2D eigenvalue weighted by molar-refractivity contribution is 5.89. The van der Waals surface area contributed by atoms with Crippen molar-refractivity contribution in [1.29, 1.82) is 0 Å². The Morgan fingerprint density at radius 1 is 0.881 bits per heavy atom. The van der Waals surface area contributed by atoms with E-state index in [2.05, 4.69) is 54.6 Å². The molecule has 0 saturated carbocycles. The molecule has 1 N–H and O–H groups in total. The number of fused-ring (bicyclic) bond motifs is 1. The van der Waals surface area contributed by atoms with Crippen LogP contribution in [-0.2, 0) is 29.1 Å². The Hall–Kier alpha value is -3.87. The number of likely N-dealkylation sites (tertiary alicyclic amines) is 1. The Kier molecular flexibility index (Phi) is 9.45. The van der Waals surface area contributed by atoms with Crippen molar-refractivity contribution in [3.63, 3.8) is 0 Å². The molecule has 4 aromatic carbocycles. The first-order chi connectivity index (χ1) is 20.3. The van der Waals surface area contributed by atoms with Crippen LogP contribution in [-0.4, -0.2) is 41.1 Å². The maximum absolute atomic E-state index is 13.2. The molecule has 1 aliphatic rings. The van der Waals surface area contributed by atoms with Crippen molar-refractivity contribution >= 4 is 16.9 Å². The van der Waals surface area contributed by atoms with Crippen LogP contribution in [0, 0.1) is 0 Å². The Labute approximate surface area is 248 Å². The van der Waals surface area contributed by atoms with Crippen molar-refractivity contribution in [3.8, 4) is 5.75 Å². The van der Waals surface area contributed by atoms with Crippen molar-refractivity contribution in [2.75, 3.05) is 13.2 Å². The number of piperidine rings is 1. The summed E-state index contributed by atoms with van der Waals surface area (Å²) in [4.78, 5) is 15.0. The number of rotatable bonds is 9. The fourth-order valence-corrected chi connectivity index (χ4v) is 5.47. The number of carbonyl (C=O) groups excluding carboxylic acids is 1. The Balaban J connectivity index is 1.35. The molecular formula is C36H41NO5. The number of hydrogen-bond donors (Lipinski definition) is 1. The number of nitrogens with zero attached hydrogens (tertiary/aromatic N) is 1. The van der Waals surface area contributed by atoms with E-state index in [0.29, 0.717) is 32.6 Å². The van der Waals surface area contributed by atoms with Gasteiger partial charge >= 0.3 is 6.09 Å². The maximum atomic E-state index is 13.2. The van der Waals surface area contributed by atoms with Crippen LogP contribution < -0.4 is 4.74 Å². The molecule has 6 nitrogen and oxygen atoms in total. The lowest BCUT2D eigenvalue weighted by Gasteiger charge is -2.39. The van der Waals surface area contributed by atoms with E-state index >= 15 is 0 Å². The first-order valence-electron chi connectivity index (χ1n) is 14.8. The number of hydrogen-bond acceptors (Lipinski definition) is 5. The van der Waals surface area contributed by atoms with Crippen LogP contribution in [0.5, 0.6) is 5.75 Å². The first kappa shape index (κ1) is 29.6. The third-order valence-corrected chi connectivity index (χ3v) is 7.60. The lowest BCUT2D eigenvalue weighted by Crippen LogP contribution is -2.48. The quantitative estimate of drug-likeness (QED) is 0.225. The van der Waals surface area contributed by atoms with Crippen molar-refractivity contribution in [3.05, 3.63) is 113 Å². The van der Waals surface area contributed by atoms with Gasteiger partial charge < -0.3 is 19.3 Å². The van der Waals surface area contributed by atoms with Gasteiger partial charge in [0.2, 0.25) is 0 Å². The van der Waals surface area contributed by atoms with E-state index in [0.717, 1.165) is 39.6 Å². The summed E-state index contributed by atoms with van der Waals surface area (Å²) in [6.45, 7) is 7.14. The Morgan fingerprint density at radius 2 is 1.62 bits per heavy atom. The molecule has 0 spiro atoms. The summed E-state index contributed by atoms with van der Waals surface area (Å²) < 4.78 is 18.6. The van der Waals surface area contributed by atoms with Crippen molar-refractivity contribution in [2.24, 2.45) is 0 Å². The Morgan fingerprint density at radius 3 is 2.36 bits per heavy atom. The number of aliphatic hydroxyl groups excluding tert-OH is 1. The molecule has 6 heteroatoms. The average Bonchev–Trinajstić information content (AvgIpc) is 2.99. The first-order valence-corrected chi connectivity index (χ1v) is 14.8. The summed E-state index contributed by atoms with van der Waals surface area (Å²) in [5.41, 5.74) is 3.83. The van der Waals surface area contributed by atoms with Crippen LogP contribution in [0.2, 0.25) is 0 Å². The van der Waals surface area contributed by atoms with Gasteiger partial charge in [-0.15, -0.1) is 0 Å². The summed E-state index contributed by atoms with van der Waals surface area (Å²) in [7, 11) is 0. The molecule has 1 heterocycles. The minimum absolute atomic E-state index is 0.136. The van der Waals surface area contributed by atoms with Gasteiger partial charge in [0, 0.05) is 18.5 Å². The van der Waals surface area contributed by atoms with Gasteiger partial charge in [0.1, 0.15) is 24.2 Å². The highest BCUT2D eigenvalue weighted by Gasteiger charge is 2.35. The van der Waals surface area contributed by atoms with Crippen LogP contribution in [0.4, 0.5) is 4.79 Å². The molecule has 5 rings (SSSR count). The second-order valence-electron chi connectivity index (χ2n) is 12.0. The van der Waals surface area contributed by atoms with Crippen molar-refractivity contribution < 1.29 is 24.1 Å². The summed E-state index contributed by atoms with van der Waals surface area (Å²) in [5, 5.41) is 11.4. The van der Waals surface area contributed by atoms with Crippen molar-refractivity contribution in [2.45, 2.75) is 71.0 Å². The van der Waals surface area contributed by atoms with Crippen molar-refractivity contribution in [1.82, 2.24) is 4.90 Å². The van der Waals surface area contributed by atoms with E-state index in [9.17, 15) is 9.90 Å². The van der Waals surface area contributed by atoms with E-state index in [1.54, 1.807) is 4.90 Å². The SMILES string of the molecule is CC(C)(C)OC(=O)N1CCC(c2ccc(CCO)cc2)CC1OCc1cc(OCc2ccccc2)c2ccccc2c1. The molecule has 0 bridgehead atoms. The number of carbonyl (C=O) groups is 1. The molecule has 42 heavy (non-hydrogen) atoms. The molecule has 220 valence electrons. The highest BCUT2D eigenvalue weighted by atomic mass is 16.6. The van der Waals surface area contributed by atoms with E-state index < -0.39 is 11.8 Å². The molecular weight excluding hydrogens is 526 g/mol. The Bertz CT molecular complexity index is 1460. The number of ether oxygens (including phenoxy) is 3.